The summed E-state index contributed by atoms with van der Waals surface area (Å²) in [6.07, 6.45) is 10.1. The van der Waals surface area contributed by atoms with E-state index in [4.69, 9.17) is 34.8 Å². The van der Waals surface area contributed by atoms with Crippen LogP contribution in [-0.4, -0.2) is 31.7 Å². The topological polar surface area (TPSA) is 75.1 Å². The molecule has 2 aromatic carbocycles. The Morgan fingerprint density at radius 3 is 2.63 bits per heavy atom. The normalized spacial score (nSPS) is 22.3. The van der Waals surface area contributed by atoms with Crippen molar-refractivity contribution < 1.29 is 4.79 Å². The number of carbonyl (C=O) groups excluding carboxylic acids is 1. The molecule has 1 aliphatic carbocycles. The Morgan fingerprint density at radius 2 is 1.92 bits per heavy atom. The fraction of sp³-hybridized carbons (Fsp3) is 0.250. The van der Waals surface area contributed by atoms with Crippen molar-refractivity contribution >= 4 is 40.7 Å². The van der Waals surface area contributed by atoms with Crippen molar-refractivity contribution in [3.05, 3.63) is 110 Å². The molecule has 2 unspecified atom stereocenters. The molecule has 0 radical (unpaired) electrons. The summed E-state index contributed by atoms with van der Waals surface area (Å²) in [6, 6.07) is 11.2. The number of halogens is 3. The predicted octanol–water partition coefficient (Wildman–Crippen LogP) is 6.26. The van der Waals surface area contributed by atoms with Crippen LogP contribution >= 0.6 is 34.8 Å². The Balaban J connectivity index is 1.38. The van der Waals surface area contributed by atoms with Gasteiger partial charge in [0.15, 0.2) is 0 Å². The van der Waals surface area contributed by atoms with Gasteiger partial charge in [0.05, 0.1) is 38.6 Å². The number of hydrogen-bond donors (Lipinski definition) is 2. The van der Waals surface area contributed by atoms with Crippen molar-refractivity contribution in [1.29, 1.82) is 0 Å². The summed E-state index contributed by atoms with van der Waals surface area (Å²) in [5.74, 6) is 0.273. The number of aryl methyl sites for hydroxylation is 1. The molecule has 38 heavy (non-hydrogen) atoms. The molecule has 0 spiro atoms. The summed E-state index contributed by atoms with van der Waals surface area (Å²) < 4.78 is 1.57. The van der Waals surface area contributed by atoms with E-state index in [9.17, 15) is 4.79 Å². The van der Waals surface area contributed by atoms with Gasteiger partial charge in [-0.05, 0) is 80.2 Å². The van der Waals surface area contributed by atoms with Crippen molar-refractivity contribution in [2.45, 2.75) is 44.7 Å². The van der Waals surface area contributed by atoms with Crippen LogP contribution in [-0.2, 0) is 5.54 Å². The average molecular weight is 568 g/mol. The fourth-order valence-corrected chi connectivity index (χ4v) is 6.36. The van der Waals surface area contributed by atoms with E-state index in [1.165, 1.54) is 11.1 Å². The number of hydrazine groups is 1. The summed E-state index contributed by atoms with van der Waals surface area (Å²) in [5.41, 5.74) is 8.20. The van der Waals surface area contributed by atoms with Crippen LogP contribution in [0.1, 0.15) is 47.9 Å². The number of carbonyl (C=O) groups is 1. The summed E-state index contributed by atoms with van der Waals surface area (Å²) in [5, 5.41) is 10.8. The Labute approximate surface area is 235 Å². The van der Waals surface area contributed by atoms with Crippen LogP contribution in [0.15, 0.2) is 77.9 Å². The molecule has 2 aliphatic heterocycles. The Bertz CT molecular complexity index is 1530. The van der Waals surface area contributed by atoms with Gasteiger partial charge in [-0.3, -0.25) is 9.80 Å². The Kier molecular flexibility index (Phi) is 6.35. The van der Waals surface area contributed by atoms with Gasteiger partial charge >= 0.3 is 0 Å². The highest BCUT2D eigenvalue weighted by Crippen LogP contribution is 2.45. The summed E-state index contributed by atoms with van der Waals surface area (Å²) in [6.45, 7) is 3.86. The molecule has 1 fully saturated rings. The molecule has 3 heterocycles. The molecule has 0 saturated heterocycles. The molecule has 1 aromatic heterocycles. The smallest absolute Gasteiger partial charge is 0.255 e. The lowest BCUT2D eigenvalue weighted by molar-refractivity contribution is 0.0875. The van der Waals surface area contributed by atoms with Crippen LogP contribution in [0.5, 0.6) is 0 Å². The van der Waals surface area contributed by atoms with Crippen LogP contribution < -0.4 is 10.7 Å². The number of allylic oxidation sites excluding steroid dienone is 3. The number of benzene rings is 2. The quantitative estimate of drug-likeness (QED) is 0.389. The monoisotopic (exact) mass is 566 g/mol. The van der Waals surface area contributed by atoms with E-state index in [1.807, 2.05) is 24.3 Å². The number of amides is 1. The van der Waals surface area contributed by atoms with Crippen LogP contribution in [0.2, 0.25) is 15.1 Å². The summed E-state index contributed by atoms with van der Waals surface area (Å²) in [4.78, 5) is 18.0. The third kappa shape index (κ3) is 4.43. The minimum absolute atomic E-state index is 0.193. The number of fused-ring (bicyclic) bond motifs is 2. The first-order valence-corrected chi connectivity index (χ1v) is 13.5. The number of nitrogens with zero attached hydrogens (tertiary/aromatic N) is 4. The third-order valence-electron chi connectivity index (χ3n) is 7.35. The molecule has 194 valence electrons. The highest BCUT2D eigenvalue weighted by Gasteiger charge is 2.45. The zero-order chi connectivity index (χ0) is 26.6. The maximum atomic E-state index is 13.9. The second-order valence-electron chi connectivity index (χ2n) is 9.95. The van der Waals surface area contributed by atoms with Crippen molar-refractivity contribution in [1.82, 2.24) is 30.5 Å². The molecule has 3 aliphatic rings. The molecule has 2 N–H and O–H groups in total. The largest absolute Gasteiger partial charge is 0.342 e. The number of aromatic nitrogens is 3. The first-order chi connectivity index (χ1) is 18.2. The zero-order valence-electron chi connectivity index (χ0n) is 20.8. The maximum Gasteiger partial charge on any atom is 0.255 e. The van der Waals surface area contributed by atoms with E-state index < -0.39 is 5.54 Å². The van der Waals surface area contributed by atoms with Crippen LogP contribution in [0.3, 0.4) is 0 Å². The summed E-state index contributed by atoms with van der Waals surface area (Å²) in [7, 11) is 0. The minimum Gasteiger partial charge on any atom is -0.342 e. The van der Waals surface area contributed by atoms with Gasteiger partial charge in [0.1, 0.15) is 12.2 Å². The average Bonchev–Trinajstić information content (AvgIpc) is 3.46. The van der Waals surface area contributed by atoms with Gasteiger partial charge in [-0.2, -0.15) is 5.10 Å². The molecular weight excluding hydrogens is 543 g/mol. The van der Waals surface area contributed by atoms with Crippen molar-refractivity contribution in [3.63, 3.8) is 0 Å². The number of hydrogen-bond acceptors (Lipinski definition) is 5. The van der Waals surface area contributed by atoms with Gasteiger partial charge in [0, 0.05) is 11.2 Å². The van der Waals surface area contributed by atoms with Gasteiger partial charge in [-0.1, -0.05) is 53.0 Å². The molecule has 6 rings (SSSR count). The SMILES string of the molecule is CC1=CN2NC3CCC(NC(=O)c4c(Cl)cc(-n5cnc(C)n5)cc4Cl)(c4cccc(Cl)c4)CC3=C2C=C1. The van der Waals surface area contributed by atoms with Crippen molar-refractivity contribution in [2.75, 3.05) is 0 Å². The lowest BCUT2D eigenvalue weighted by Crippen LogP contribution is -2.51. The Hall–Kier alpha value is -3.10. The lowest BCUT2D eigenvalue weighted by atomic mass is 9.72. The highest BCUT2D eigenvalue weighted by atomic mass is 35.5. The van der Waals surface area contributed by atoms with E-state index in [0.29, 0.717) is 29.4 Å². The lowest BCUT2D eigenvalue weighted by Gasteiger charge is -2.41. The van der Waals surface area contributed by atoms with Gasteiger partial charge in [0.2, 0.25) is 0 Å². The van der Waals surface area contributed by atoms with E-state index in [2.05, 4.69) is 51.1 Å². The first kappa shape index (κ1) is 25.2. The second-order valence-corrected chi connectivity index (χ2v) is 11.2. The predicted molar refractivity (Wildman–Crippen MR) is 149 cm³/mol. The van der Waals surface area contributed by atoms with E-state index in [0.717, 1.165) is 17.7 Å². The van der Waals surface area contributed by atoms with Crippen molar-refractivity contribution in [3.8, 4) is 5.69 Å². The molecule has 3 aromatic rings. The molecule has 1 saturated carbocycles. The molecular formula is C28H25Cl3N6O. The van der Waals surface area contributed by atoms with Crippen LogP contribution in [0, 0.1) is 6.92 Å². The first-order valence-electron chi connectivity index (χ1n) is 12.3. The highest BCUT2D eigenvalue weighted by molar-refractivity contribution is 6.40. The van der Waals surface area contributed by atoms with E-state index in [-0.39, 0.29) is 27.6 Å². The third-order valence-corrected chi connectivity index (χ3v) is 8.18. The van der Waals surface area contributed by atoms with Gasteiger partial charge in [-0.15, -0.1) is 0 Å². The molecule has 1 amide bonds. The maximum absolute atomic E-state index is 13.9. The molecule has 7 nitrogen and oxygen atoms in total. The molecule has 2 atom stereocenters. The van der Waals surface area contributed by atoms with Crippen molar-refractivity contribution in [2.24, 2.45) is 0 Å². The number of rotatable bonds is 4. The second kappa shape index (κ2) is 9.58. The molecule has 0 bridgehead atoms. The fourth-order valence-electron chi connectivity index (χ4n) is 5.53. The van der Waals surface area contributed by atoms with E-state index in [1.54, 1.807) is 30.1 Å². The van der Waals surface area contributed by atoms with E-state index >= 15 is 0 Å². The van der Waals surface area contributed by atoms with Crippen LogP contribution in [0.4, 0.5) is 0 Å². The Morgan fingerprint density at radius 1 is 1.13 bits per heavy atom. The molecule has 10 heteroatoms. The van der Waals surface area contributed by atoms with Gasteiger partial charge in [0.25, 0.3) is 5.91 Å². The number of nitrogens with one attached hydrogen (secondary N) is 2. The standard InChI is InChI=1S/C28H25Cl3N6O/c1-16-6-7-25-21-13-28(18-4-3-5-19(29)10-18,9-8-24(21)35-36(25)14-16)33-27(38)26-22(30)11-20(12-23(26)31)37-15-32-17(2)34-37/h3-7,10-12,14-15,24,35H,8-9,13H2,1-2H3,(H,33,38). The zero-order valence-corrected chi connectivity index (χ0v) is 23.1. The van der Waals surface area contributed by atoms with Gasteiger partial charge < -0.3 is 5.32 Å². The van der Waals surface area contributed by atoms with Crippen LogP contribution in [0.25, 0.3) is 5.69 Å². The van der Waals surface area contributed by atoms with Gasteiger partial charge in [-0.25, -0.2) is 15.1 Å². The summed E-state index contributed by atoms with van der Waals surface area (Å²) >= 11 is 19.7. The minimum atomic E-state index is -0.698.